The van der Waals surface area contributed by atoms with Crippen LogP contribution < -0.4 is 9.80 Å². The Morgan fingerprint density at radius 3 is 2.70 bits per heavy atom. The molecule has 2 aromatic rings. The topological polar surface area (TPSA) is 41.7 Å². The van der Waals surface area contributed by atoms with Crippen molar-refractivity contribution in [1.82, 2.24) is 4.90 Å². The molecule has 2 heterocycles. The van der Waals surface area contributed by atoms with E-state index >= 15 is 0 Å². The largest absolute Gasteiger partial charge is 0.391 e. The number of amidine groups is 1. The van der Waals surface area contributed by atoms with Gasteiger partial charge in [0.15, 0.2) is 5.70 Å². The Labute approximate surface area is 154 Å². The van der Waals surface area contributed by atoms with Gasteiger partial charge in [0.05, 0.1) is 12.3 Å². The highest BCUT2D eigenvalue weighted by Gasteiger charge is 2.39. The van der Waals surface area contributed by atoms with Crippen LogP contribution in [0.25, 0.3) is 5.70 Å². The van der Waals surface area contributed by atoms with Gasteiger partial charge in [-0.15, -0.1) is 0 Å². The summed E-state index contributed by atoms with van der Waals surface area (Å²) in [6.45, 7) is 1.70. The van der Waals surface area contributed by atoms with Crippen molar-refractivity contribution in [2.75, 3.05) is 11.6 Å². The minimum atomic E-state index is -0.679. The number of aliphatic hydroxyl groups excluding tert-OH is 1. The number of hydrogen-bond acceptors (Lipinski definition) is 4. The summed E-state index contributed by atoms with van der Waals surface area (Å²) in [4.78, 5) is 8.09. The lowest BCUT2D eigenvalue weighted by Gasteiger charge is -2.25. The van der Waals surface area contributed by atoms with Gasteiger partial charge in [0.25, 0.3) is 5.84 Å². The summed E-state index contributed by atoms with van der Waals surface area (Å²) in [5.41, 5.74) is 2.09. The number of aliphatic imine (C=N–C) groups is 1. The average molecular weight is 371 g/mol. The Hall–Kier alpha value is -2.90. The van der Waals surface area contributed by atoms with E-state index in [9.17, 15) is 18.3 Å². The van der Waals surface area contributed by atoms with Crippen LogP contribution in [0.5, 0.6) is 0 Å². The molecule has 0 aromatic heterocycles. The SMILES string of the molecule is CC1=C(c2ccc(F)cc2F)N=C2C=CN(c3cccc(F)c3CO)C[N+]21. The van der Waals surface area contributed by atoms with Crippen LogP contribution in [0.1, 0.15) is 18.1 Å². The number of halogens is 3. The normalized spacial score (nSPS) is 16.8. The van der Waals surface area contributed by atoms with Gasteiger partial charge in [0.2, 0.25) is 6.67 Å². The Morgan fingerprint density at radius 1 is 1.15 bits per heavy atom. The molecule has 27 heavy (non-hydrogen) atoms. The van der Waals surface area contributed by atoms with E-state index < -0.39 is 24.1 Å². The van der Waals surface area contributed by atoms with Crippen LogP contribution in [-0.4, -0.2) is 17.6 Å². The smallest absolute Gasteiger partial charge is 0.285 e. The molecule has 137 valence electrons. The van der Waals surface area contributed by atoms with E-state index in [0.717, 1.165) is 6.07 Å². The summed E-state index contributed by atoms with van der Waals surface area (Å²) < 4.78 is 41.4. The molecule has 2 aliphatic rings. The lowest BCUT2D eigenvalue weighted by atomic mass is 10.1. The quantitative estimate of drug-likeness (QED) is 0.834. The molecular formula is C20H16F3N3O+. The highest BCUT2D eigenvalue weighted by molar-refractivity contribution is 6.05. The third-order valence-corrected chi connectivity index (χ3v) is 4.70. The molecule has 4 nitrogen and oxygen atoms in total. The van der Waals surface area contributed by atoms with Gasteiger partial charge >= 0.3 is 0 Å². The molecule has 0 bridgehead atoms. The van der Waals surface area contributed by atoms with Gasteiger partial charge in [-0.3, -0.25) is 4.90 Å². The molecule has 2 aromatic carbocycles. The van der Waals surface area contributed by atoms with E-state index in [1.54, 1.807) is 36.2 Å². The van der Waals surface area contributed by atoms with Crippen LogP contribution in [0.4, 0.5) is 18.9 Å². The van der Waals surface area contributed by atoms with E-state index in [1.807, 2.05) is 4.90 Å². The third-order valence-electron chi connectivity index (χ3n) is 4.70. The lowest BCUT2D eigenvalue weighted by Crippen LogP contribution is -2.44. The lowest BCUT2D eigenvalue weighted by molar-refractivity contribution is 0.276. The first-order valence-electron chi connectivity index (χ1n) is 8.35. The van der Waals surface area contributed by atoms with Gasteiger partial charge in [-0.05, 0) is 24.3 Å². The van der Waals surface area contributed by atoms with E-state index in [4.69, 9.17) is 0 Å². The summed E-state index contributed by atoms with van der Waals surface area (Å²) in [7, 11) is 0. The standard InChI is InChI=1S/C20H16F3N3O/c1-12-20(14-6-5-13(21)9-17(14)23)24-19-7-8-25(11-26(12)19)18-4-2-3-16(22)15(18)10-27/h2-9,27H,10-11H2,1H3/q+1. The zero-order valence-corrected chi connectivity index (χ0v) is 14.5. The molecule has 0 spiro atoms. The fourth-order valence-corrected chi connectivity index (χ4v) is 3.28. The first-order valence-corrected chi connectivity index (χ1v) is 8.35. The number of hydrogen-bond donors (Lipinski definition) is 1. The van der Waals surface area contributed by atoms with Gasteiger partial charge in [-0.2, -0.15) is 4.99 Å². The fraction of sp³-hybridized carbons (Fsp3) is 0.150. The van der Waals surface area contributed by atoms with Gasteiger partial charge in [0.1, 0.15) is 23.1 Å². The summed E-state index contributed by atoms with van der Waals surface area (Å²) in [6.07, 6.45) is 3.47. The van der Waals surface area contributed by atoms with Crippen molar-refractivity contribution in [3.63, 3.8) is 0 Å². The first kappa shape index (κ1) is 17.5. The number of allylic oxidation sites excluding steroid dienone is 1. The predicted molar refractivity (Wildman–Crippen MR) is 97.3 cm³/mol. The third kappa shape index (κ3) is 2.94. The molecule has 0 aliphatic carbocycles. The number of rotatable bonds is 3. The van der Waals surface area contributed by atoms with Gasteiger partial charge < -0.3 is 5.11 Å². The average Bonchev–Trinajstić information content (AvgIpc) is 2.97. The minimum absolute atomic E-state index is 0.202. The second-order valence-corrected chi connectivity index (χ2v) is 6.28. The molecule has 0 saturated heterocycles. The molecule has 0 saturated carbocycles. The summed E-state index contributed by atoms with van der Waals surface area (Å²) in [6, 6.07) is 7.98. The van der Waals surface area contributed by atoms with Crippen LogP contribution in [-0.2, 0) is 6.61 Å². The van der Waals surface area contributed by atoms with E-state index in [2.05, 4.69) is 4.99 Å². The second kappa shape index (κ2) is 6.68. The number of anilines is 1. The zero-order chi connectivity index (χ0) is 19.1. The molecule has 4 rings (SSSR count). The van der Waals surface area contributed by atoms with Crippen molar-refractivity contribution in [3.05, 3.63) is 82.9 Å². The number of fused-ring (bicyclic) bond motifs is 1. The number of aliphatic hydroxyl groups is 1. The number of benzene rings is 2. The van der Waals surface area contributed by atoms with E-state index in [1.165, 1.54) is 18.2 Å². The maximum absolute atomic E-state index is 14.2. The highest BCUT2D eigenvalue weighted by atomic mass is 19.1. The molecule has 2 aliphatic heterocycles. The van der Waals surface area contributed by atoms with E-state index in [-0.39, 0.29) is 11.1 Å². The first-order chi connectivity index (χ1) is 13.0. The van der Waals surface area contributed by atoms with Crippen LogP contribution in [0.2, 0.25) is 0 Å². The maximum Gasteiger partial charge on any atom is 0.285 e. The van der Waals surface area contributed by atoms with Gasteiger partial charge in [-0.1, -0.05) is 11.0 Å². The summed E-state index contributed by atoms with van der Waals surface area (Å²) >= 11 is 0. The number of nitrogens with zero attached hydrogens (tertiary/aromatic N) is 3. The Morgan fingerprint density at radius 2 is 1.96 bits per heavy atom. The van der Waals surface area contributed by atoms with Crippen molar-refractivity contribution < 1.29 is 18.3 Å². The molecular weight excluding hydrogens is 355 g/mol. The van der Waals surface area contributed by atoms with Crippen molar-refractivity contribution in [2.45, 2.75) is 13.5 Å². The van der Waals surface area contributed by atoms with Gasteiger partial charge in [0, 0.05) is 36.4 Å². The van der Waals surface area contributed by atoms with Crippen molar-refractivity contribution in [2.24, 2.45) is 4.99 Å². The Balaban J connectivity index is 1.70. The minimum Gasteiger partial charge on any atom is -0.391 e. The van der Waals surface area contributed by atoms with E-state index in [0.29, 0.717) is 29.6 Å². The van der Waals surface area contributed by atoms with Crippen LogP contribution in [0, 0.1) is 17.5 Å². The Bertz CT molecular complexity index is 1010. The molecule has 0 atom stereocenters. The van der Waals surface area contributed by atoms with Crippen molar-refractivity contribution in [3.8, 4) is 0 Å². The van der Waals surface area contributed by atoms with Crippen LogP contribution in [0.15, 0.2) is 59.4 Å². The molecule has 7 heteroatoms. The summed E-state index contributed by atoms with van der Waals surface area (Å²) in [5.74, 6) is -1.19. The molecule has 0 amide bonds. The van der Waals surface area contributed by atoms with Crippen LogP contribution in [0.3, 0.4) is 0 Å². The predicted octanol–water partition coefficient (Wildman–Crippen LogP) is 3.83. The molecule has 0 fully saturated rings. The second-order valence-electron chi connectivity index (χ2n) is 6.28. The van der Waals surface area contributed by atoms with Crippen molar-refractivity contribution in [1.29, 1.82) is 0 Å². The molecule has 1 N–H and O–H groups in total. The highest BCUT2D eigenvalue weighted by Crippen LogP contribution is 2.33. The zero-order valence-electron chi connectivity index (χ0n) is 14.5. The van der Waals surface area contributed by atoms with Crippen molar-refractivity contribution >= 4 is 17.2 Å². The fourth-order valence-electron chi connectivity index (χ4n) is 3.28. The van der Waals surface area contributed by atoms with Crippen LogP contribution >= 0.6 is 0 Å². The Kier molecular flexibility index (Phi) is 4.33. The molecule has 1 radical (unpaired) electrons. The monoisotopic (exact) mass is 371 g/mol. The maximum atomic E-state index is 14.2. The molecule has 0 unspecified atom stereocenters. The van der Waals surface area contributed by atoms with Gasteiger partial charge in [-0.25, -0.2) is 13.2 Å². The summed E-state index contributed by atoms with van der Waals surface area (Å²) in [5, 5.41) is 9.50.